The van der Waals surface area contributed by atoms with E-state index in [-0.39, 0.29) is 24.0 Å². The van der Waals surface area contributed by atoms with E-state index in [2.05, 4.69) is 27.7 Å². The molecule has 0 aromatic carbocycles. The molecule has 4 nitrogen and oxygen atoms in total. The van der Waals surface area contributed by atoms with Gasteiger partial charge in [0, 0.05) is 0 Å². The Morgan fingerprint density at radius 3 is 2.43 bits per heavy atom. The quantitative estimate of drug-likeness (QED) is 0.377. The average Bonchev–Trinajstić information content (AvgIpc) is 2.73. The standard InChI is InChI=1S/C24H42O4/c1-5-9-13-18(7-3)17-27-22(25)20-15-11-12-16-24(20)21(28-23(24)26)19(8-4)14-10-6-2/h18-21H,5-17H2,1-4H3. The highest BCUT2D eigenvalue weighted by atomic mass is 16.6. The number of esters is 2. The predicted molar refractivity (Wildman–Crippen MR) is 112 cm³/mol. The van der Waals surface area contributed by atoms with Crippen molar-refractivity contribution >= 4 is 11.9 Å². The van der Waals surface area contributed by atoms with Crippen molar-refractivity contribution < 1.29 is 19.1 Å². The second-order valence-corrected chi connectivity index (χ2v) is 9.02. The highest BCUT2D eigenvalue weighted by Crippen LogP contribution is 2.55. The molecule has 0 aromatic heterocycles. The fourth-order valence-corrected chi connectivity index (χ4v) is 5.25. The average molecular weight is 395 g/mol. The fraction of sp³-hybridized carbons (Fsp3) is 0.917. The molecular formula is C24H42O4. The van der Waals surface area contributed by atoms with Gasteiger partial charge < -0.3 is 9.47 Å². The van der Waals surface area contributed by atoms with Crippen LogP contribution in [0.2, 0.25) is 0 Å². The van der Waals surface area contributed by atoms with Gasteiger partial charge in [0.1, 0.15) is 11.5 Å². The van der Waals surface area contributed by atoms with E-state index in [4.69, 9.17) is 9.47 Å². The van der Waals surface area contributed by atoms with Crippen molar-refractivity contribution in [1.29, 1.82) is 0 Å². The number of ether oxygens (including phenoxy) is 2. The van der Waals surface area contributed by atoms with Crippen LogP contribution in [-0.2, 0) is 19.1 Å². The lowest BCUT2D eigenvalue weighted by molar-refractivity contribution is -0.238. The lowest BCUT2D eigenvalue weighted by Gasteiger charge is -2.54. The van der Waals surface area contributed by atoms with Crippen molar-refractivity contribution in [3.05, 3.63) is 0 Å². The van der Waals surface area contributed by atoms with Gasteiger partial charge in [-0.15, -0.1) is 0 Å². The Labute approximate surface area is 172 Å². The molecule has 1 saturated carbocycles. The van der Waals surface area contributed by atoms with Gasteiger partial charge in [-0.3, -0.25) is 9.59 Å². The van der Waals surface area contributed by atoms with Gasteiger partial charge in [0.05, 0.1) is 12.5 Å². The highest BCUT2D eigenvalue weighted by molar-refractivity contribution is 5.90. The summed E-state index contributed by atoms with van der Waals surface area (Å²) in [6.07, 6.45) is 12.3. The van der Waals surface area contributed by atoms with Crippen molar-refractivity contribution in [2.75, 3.05) is 6.61 Å². The molecule has 28 heavy (non-hydrogen) atoms. The van der Waals surface area contributed by atoms with E-state index in [1.54, 1.807) is 0 Å². The van der Waals surface area contributed by atoms with Gasteiger partial charge in [-0.25, -0.2) is 0 Å². The smallest absolute Gasteiger partial charge is 0.317 e. The largest absolute Gasteiger partial charge is 0.465 e. The number of rotatable bonds is 12. The zero-order valence-corrected chi connectivity index (χ0v) is 18.6. The molecule has 162 valence electrons. The van der Waals surface area contributed by atoms with Gasteiger partial charge in [0.25, 0.3) is 0 Å². The monoisotopic (exact) mass is 394 g/mol. The van der Waals surface area contributed by atoms with Crippen LogP contribution in [0.4, 0.5) is 0 Å². The van der Waals surface area contributed by atoms with Crippen LogP contribution in [-0.4, -0.2) is 24.6 Å². The summed E-state index contributed by atoms with van der Waals surface area (Å²) in [7, 11) is 0. The molecule has 0 N–H and O–H groups in total. The van der Waals surface area contributed by atoms with E-state index in [1.807, 2.05) is 0 Å². The minimum Gasteiger partial charge on any atom is -0.465 e. The number of carbonyl (C=O) groups is 2. The second kappa shape index (κ2) is 11.2. The minimum absolute atomic E-state index is 0.100. The maximum absolute atomic E-state index is 13.1. The Hall–Kier alpha value is -1.06. The molecule has 0 aromatic rings. The lowest BCUT2D eigenvalue weighted by atomic mass is 9.57. The Morgan fingerprint density at radius 1 is 1.11 bits per heavy atom. The summed E-state index contributed by atoms with van der Waals surface area (Å²) in [5.74, 6) is 0.181. The molecule has 2 aliphatic rings. The van der Waals surface area contributed by atoms with Crippen molar-refractivity contribution in [3.8, 4) is 0 Å². The van der Waals surface area contributed by atoms with E-state index in [9.17, 15) is 9.59 Å². The van der Waals surface area contributed by atoms with Crippen LogP contribution in [0.3, 0.4) is 0 Å². The normalized spacial score (nSPS) is 29.1. The second-order valence-electron chi connectivity index (χ2n) is 9.02. The van der Waals surface area contributed by atoms with Crippen LogP contribution in [0, 0.1) is 23.2 Å². The Bertz CT molecular complexity index is 503. The van der Waals surface area contributed by atoms with Gasteiger partial charge in [-0.05, 0) is 43.9 Å². The number of unbranched alkanes of at least 4 members (excludes halogenated alkanes) is 2. The maximum atomic E-state index is 13.1. The van der Waals surface area contributed by atoms with Gasteiger partial charge in [0.2, 0.25) is 0 Å². The van der Waals surface area contributed by atoms with Gasteiger partial charge >= 0.3 is 11.9 Å². The molecule has 1 heterocycles. The molecule has 1 aliphatic heterocycles. The van der Waals surface area contributed by atoms with Crippen LogP contribution < -0.4 is 0 Å². The summed E-state index contributed by atoms with van der Waals surface area (Å²) in [5, 5.41) is 0. The summed E-state index contributed by atoms with van der Waals surface area (Å²) in [6, 6.07) is 0. The molecule has 0 amide bonds. The SMILES string of the molecule is CCCCC(CC)COC(=O)C1CCCCC12C(=O)OC2C(CC)CCCC. The zero-order chi connectivity index (χ0) is 20.6. The first-order valence-corrected chi connectivity index (χ1v) is 11.9. The van der Waals surface area contributed by atoms with E-state index < -0.39 is 5.41 Å². The van der Waals surface area contributed by atoms with Crippen molar-refractivity contribution in [2.45, 2.75) is 111 Å². The first-order valence-electron chi connectivity index (χ1n) is 11.9. The Morgan fingerprint density at radius 2 is 1.82 bits per heavy atom. The molecule has 1 saturated heterocycles. The molecule has 5 unspecified atom stereocenters. The van der Waals surface area contributed by atoms with E-state index >= 15 is 0 Å². The first-order chi connectivity index (χ1) is 13.5. The number of hydrogen-bond donors (Lipinski definition) is 0. The molecule has 0 radical (unpaired) electrons. The molecule has 1 spiro atoms. The van der Waals surface area contributed by atoms with E-state index in [1.165, 1.54) is 12.8 Å². The number of hydrogen-bond acceptors (Lipinski definition) is 4. The summed E-state index contributed by atoms with van der Waals surface area (Å²) in [4.78, 5) is 25.8. The molecule has 4 heteroatoms. The molecule has 1 aliphatic carbocycles. The number of carbonyl (C=O) groups excluding carboxylic acids is 2. The third-order valence-corrected chi connectivity index (χ3v) is 7.25. The highest BCUT2D eigenvalue weighted by Gasteiger charge is 2.66. The van der Waals surface area contributed by atoms with Crippen molar-refractivity contribution in [2.24, 2.45) is 23.2 Å². The Balaban J connectivity index is 2.08. The summed E-state index contributed by atoms with van der Waals surface area (Å²) in [6.45, 7) is 9.22. The third-order valence-electron chi connectivity index (χ3n) is 7.25. The van der Waals surface area contributed by atoms with Crippen LogP contribution in [0.25, 0.3) is 0 Å². The molecular weight excluding hydrogens is 352 g/mol. The van der Waals surface area contributed by atoms with Crippen LogP contribution in [0.5, 0.6) is 0 Å². The van der Waals surface area contributed by atoms with Crippen LogP contribution in [0.15, 0.2) is 0 Å². The molecule has 5 atom stereocenters. The van der Waals surface area contributed by atoms with Crippen molar-refractivity contribution in [1.82, 2.24) is 0 Å². The summed E-state index contributed by atoms with van der Waals surface area (Å²) >= 11 is 0. The maximum Gasteiger partial charge on any atom is 0.317 e. The fourth-order valence-electron chi connectivity index (χ4n) is 5.25. The van der Waals surface area contributed by atoms with E-state index in [0.717, 1.165) is 64.2 Å². The molecule has 2 fully saturated rings. The van der Waals surface area contributed by atoms with E-state index in [0.29, 0.717) is 18.4 Å². The van der Waals surface area contributed by atoms with Crippen molar-refractivity contribution in [3.63, 3.8) is 0 Å². The van der Waals surface area contributed by atoms with Gasteiger partial charge in [-0.1, -0.05) is 72.6 Å². The Kier molecular flexibility index (Phi) is 9.30. The molecule has 2 rings (SSSR count). The van der Waals surface area contributed by atoms with Gasteiger partial charge in [-0.2, -0.15) is 0 Å². The third kappa shape index (κ3) is 4.91. The number of cyclic esters (lactones) is 1. The van der Waals surface area contributed by atoms with Gasteiger partial charge in [0.15, 0.2) is 0 Å². The lowest BCUT2D eigenvalue weighted by Crippen LogP contribution is -2.65. The summed E-state index contributed by atoms with van der Waals surface area (Å²) in [5.41, 5.74) is -0.616. The minimum atomic E-state index is -0.616. The first kappa shape index (κ1) is 23.2. The molecule has 0 bridgehead atoms. The predicted octanol–water partition coefficient (Wildman–Crippen LogP) is 6.06. The summed E-state index contributed by atoms with van der Waals surface area (Å²) < 4.78 is 11.5. The van der Waals surface area contributed by atoms with Crippen LogP contribution in [0.1, 0.15) is 105 Å². The zero-order valence-electron chi connectivity index (χ0n) is 18.6. The topological polar surface area (TPSA) is 52.6 Å². The van der Waals surface area contributed by atoms with Crippen LogP contribution >= 0.6 is 0 Å².